The monoisotopic (exact) mass is 306 g/mol. The van der Waals surface area contributed by atoms with Crippen LogP contribution >= 0.6 is 11.3 Å². The maximum atomic E-state index is 13.3. The molecule has 0 spiro atoms. The highest BCUT2D eigenvalue weighted by atomic mass is 32.1. The van der Waals surface area contributed by atoms with Gasteiger partial charge in [0, 0.05) is 23.5 Å². The number of thiophene rings is 1. The third kappa shape index (κ3) is 4.37. The Hall–Kier alpha value is -1.23. The van der Waals surface area contributed by atoms with Crippen molar-refractivity contribution in [1.82, 2.24) is 10.2 Å². The zero-order chi connectivity index (χ0) is 15.2. The first kappa shape index (κ1) is 16.1. The molecule has 2 atom stereocenters. The number of nitrogens with zero attached hydrogens (tertiary/aromatic N) is 1. The first-order valence-corrected chi connectivity index (χ1v) is 8.16. The van der Waals surface area contributed by atoms with Gasteiger partial charge in [0.25, 0.3) is 0 Å². The molecule has 114 valence electrons. The van der Waals surface area contributed by atoms with Gasteiger partial charge in [-0.3, -0.25) is 4.90 Å². The summed E-state index contributed by atoms with van der Waals surface area (Å²) in [6.45, 7) is 3.18. The third-order valence-corrected chi connectivity index (χ3v) is 5.03. The van der Waals surface area contributed by atoms with Crippen molar-refractivity contribution in [3.63, 3.8) is 0 Å². The van der Waals surface area contributed by atoms with Gasteiger partial charge in [-0.15, -0.1) is 11.3 Å². The fourth-order valence-corrected chi connectivity index (χ4v) is 3.32. The number of hydrogen-bond donors (Lipinski definition) is 1. The second-order valence-corrected chi connectivity index (χ2v) is 6.34. The topological polar surface area (TPSA) is 15.3 Å². The van der Waals surface area contributed by atoms with Crippen LogP contribution in [0.5, 0.6) is 0 Å². The van der Waals surface area contributed by atoms with Crippen molar-refractivity contribution in [2.24, 2.45) is 0 Å². The van der Waals surface area contributed by atoms with E-state index in [-0.39, 0.29) is 11.9 Å². The molecule has 0 amide bonds. The van der Waals surface area contributed by atoms with Crippen LogP contribution in [0.25, 0.3) is 0 Å². The molecule has 0 bridgehead atoms. The average molecular weight is 306 g/mol. The minimum atomic E-state index is -0.173. The smallest absolute Gasteiger partial charge is 0.123 e. The van der Waals surface area contributed by atoms with Crippen molar-refractivity contribution < 1.29 is 4.39 Å². The van der Waals surface area contributed by atoms with Gasteiger partial charge >= 0.3 is 0 Å². The summed E-state index contributed by atoms with van der Waals surface area (Å²) < 4.78 is 13.3. The molecule has 2 aromatic rings. The number of halogens is 1. The van der Waals surface area contributed by atoms with Gasteiger partial charge in [0.1, 0.15) is 5.82 Å². The molecule has 1 aromatic carbocycles. The largest absolute Gasteiger partial charge is 0.313 e. The lowest BCUT2D eigenvalue weighted by Gasteiger charge is -2.26. The lowest BCUT2D eigenvalue weighted by atomic mass is 10.0. The first-order chi connectivity index (χ1) is 10.1. The van der Waals surface area contributed by atoms with Gasteiger partial charge in [0.15, 0.2) is 0 Å². The molecule has 0 aliphatic carbocycles. The predicted molar refractivity (Wildman–Crippen MR) is 88.2 cm³/mol. The van der Waals surface area contributed by atoms with Gasteiger partial charge in [-0.05, 0) is 56.6 Å². The maximum Gasteiger partial charge on any atom is 0.123 e. The van der Waals surface area contributed by atoms with E-state index in [1.807, 2.05) is 13.1 Å². The molecule has 0 aliphatic heterocycles. The molecule has 0 saturated carbocycles. The molecular weight excluding hydrogens is 283 g/mol. The maximum absolute atomic E-state index is 13.3. The summed E-state index contributed by atoms with van der Waals surface area (Å²) in [5, 5.41) is 5.40. The average Bonchev–Trinajstić information content (AvgIpc) is 3.01. The lowest BCUT2D eigenvalue weighted by molar-refractivity contribution is 0.250. The number of nitrogens with one attached hydrogen (secondary N) is 1. The normalized spacial score (nSPS) is 14.3. The Kier molecular flexibility index (Phi) is 5.91. The molecule has 0 fully saturated rings. The third-order valence-electron chi connectivity index (χ3n) is 3.99. The van der Waals surface area contributed by atoms with E-state index in [2.05, 4.69) is 41.7 Å². The van der Waals surface area contributed by atoms with E-state index in [1.54, 1.807) is 23.5 Å². The summed E-state index contributed by atoms with van der Waals surface area (Å²) in [5.41, 5.74) is 1.01. The second kappa shape index (κ2) is 7.69. The van der Waals surface area contributed by atoms with Crippen molar-refractivity contribution in [1.29, 1.82) is 0 Å². The molecule has 0 radical (unpaired) electrons. The molecule has 21 heavy (non-hydrogen) atoms. The van der Waals surface area contributed by atoms with Crippen LogP contribution in [-0.4, -0.2) is 25.5 Å². The fraction of sp³-hybridized carbons (Fsp3) is 0.412. The van der Waals surface area contributed by atoms with E-state index in [0.29, 0.717) is 6.04 Å². The van der Waals surface area contributed by atoms with Gasteiger partial charge < -0.3 is 5.32 Å². The molecule has 2 unspecified atom stereocenters. The summed E-state index contributed by atoms with van der Waals surface area (Å²) in [6, 6.07) is 11.7. The SMILES string of the molecule is CNC(CCN(C)C(C)c1cccs1)c1cccc(F)c1. The van der Waals surface area contributed by atoms with E-state index >= 15 is 0 Å². The molecule has 0 saturated heterocycles. The highest BCUT2D eigenvalue weighted by molar-refractivity contribution is 7.10. The fourth-order valence-electron chi connectivity index (χ4n) is 2.47. The van der Waals surface area contributed by atoms with Crippen molar-refractivity contribution in [3.05, 3.63) is 58.0 Å². The van der Waals surface area contributed by atoms with Crippen LogP contribution in [0, 0.1) is 5.82 Å². The first-order valence-electron chi connectivity index (χ1n) is 7.28. The summed E-state index contributed by atoms with van der Waals surface area (Å²) in [5.74, 6) is -0.173. The molecular formula is C17H23FN2S. The molecule has 1 heterocycles. The Morgan fingerprint density at radius 1 is 1.29 bits per heavy atom. The van der Waals surface area contributed by atoms with E-state index in [4.69, 9.17) is 0 Å². The van der Waals surface area contributed by atoms with Crippen LogP contribution < -0.4 is 5.32 Å². The van der Waals surface area contributed by atoms with Gasteiger partial charge in [-0.25, -0.2) is 4.39 Å². The van der Waals surface area contributed by atoms with Crippen molar-refractivity contribution in [3.8, 4) is 0 Å². The number of benzene rings is 1. The van der Waals surface area contributed by atoms with E-state index in [9.17, 15) is 4.39 Å². The molecule has 1 N–H and O–H groups in total. The summed E-state index contributed by atoms with van der Waals surface area (Å²) in [6.07, 6.45) is 0.951. The van der Waals surface area contributed by atoms with Crippen LogP contribution in [0.4, 0.5) is 4.39 Å². The highest BCUT2D eigenvalue weighted by Crippen LogP contribution is 2.25. The van der Waals surface area contributed by atoms with Gasteiger partial charge in [-0.2, -0.15) is 0 Å². The Bertz CT molecular complexity index is 541. The Morgan fingerprint density at radius 3 is 2.71 bits per heavy atom. The zero-order valence-corrected chi connectivity index (χ0v) is 13.7. The Balaban J connectivity index is 1.94. The predicted octanol–water partition coefficient (Wildman–Crippen LogP) is 4.23. The van der Waals surface area contributed by atoms with Crippen LogP contribution in [-0.2, 0) is 0 Å². The molecule has 2 rings (SSSR count). The van der Waals surface area contributed by atoms with Gasteiger partial charge in [0.2, 0.25) is 0 Å². The summed E-state index contributed by atoms with van der Waals surface area (Å²) in [4.78, 5) is 3.72. The van der Waals surface area contributed by atoms with Crippen molar-refractivity contribution >= 4 is 11.3 Å². The van der Waals surface area contributed by atoms with Crippen LogP contribution in [0.3, 0.4) is 0 Å². The molecule has 2 nitrogen and oxygen atoms in total. The standard InChI is InChI=1S/C17H23FN2S/c1-13(17-8-5-11-21-17)20(3)10-9-16(19-2)14-6-4-7-15(18)12-14/h4-8,11-13,16,19H,9-10H2,1-3H3. The minimum Gasteiger partial charge on any atom is -0.313 e. The Labute approximate surface area is 130 Å². The van der Waals surface area contributed by atoms with Crippen molar-refractivity contribution in [2.45, 2.75) is 25.4 Å². The number of rotatable bonds is 7. The Morgan fingerprint density at radius 2 is 2.10 bits per heavy atom. The quantitative estimate of drug-likeness (QED) is 0.823. The van der Waals surface area contributed by atoms with E-state index in [1.165, 1.54) is 10.9 Å². The lowest BCUT2D eigenvalue weighted by Crippen LogP contribution is -2.27. The zero-order valence-electron chi connectivity index (χ0n) is 12.8. The number of hydrogen-bond acceptors (Lipinski definition) is 3. The minimum absolute atomic E-state index is 0.173. The second-order valence-electron chi connectivity index (χ2n) is 5.36. The van der Waals surface area contributed by atoms with Gasteiger partial charge in [-0.1, -0.05) is 18.2 Å². The summed E-state index contributed by atoms with van der Waals surface area (Å²) >= 11 is 1.79. The molecule has 1 aromatic heterocycles. The molecule has 4 heteroatoms. The highest BCUT2D eigenvalue weighted by Gasteiger charge is 2.15. The van der Waals surface area contributed by atoms with Crippen molar-refractivity contribution in [2.75, 3.05) is 20.6 Å². The van der Waals surface area contributed by atoms with Crippen LogP contribution in [0.1, 0.15) is 35.9 Å². The van der Waals surface area contributed by atoms with E-state index < -0.39 is 0 Å². The van der Waals surface area contributed by atoms with Crippen LogP contribution in [0.2, 0.25) is 0 Å². The summed E-state index contributed by atoms with van der Waals surface area (Å²) in [7, 11) is 4.07. The molecule has 0 aliphatic rings. The van der Waals surface area contributed by atoms with Gasteiger partial charge in [0.05, 0.1) is 0 Å². The van der Waals surface area contributed by atoms with Crippen LogP contribution in [0.15, 0.2) is 41.8 Å². The van der Waals surface area contributed by atoms with E-state index in [0.717, 1.165) is 18.5 Å².